The highest BCUT2D eigenvalue weighted by Gasteiger charge is 2.34. The molecule has 7 nitrogen and oxygen atoms in total. The van der Waals surface area contributed by atoms with Gasteiger partial charge in [0.1, 0.15) is 12.3 Å². The van der Waals surface area contributed by atoms with Crippen LogP contribution in [0.15, 0.2) is 65.8 Å². The second-order valence-corrected chi connectivity index (χ2v) is 7.88. The third-order valence-electron chi connectivity index (χ3n) is 5.24. The molecule has 3 aromatic rings. The summed E-state index contributed by atoms with van der Waals surface area (Å²) in [5.41, 5.74) is 1.78. The van der Waals surface area contributed by atoms with Gasteiger partial charge in [-0.05, 0) is 35.7 Å². The third kappa shape index (κ3) is 7.29. The Hall–Kier alpha value is -3.92. The molecule has 3 rings (SSSR count). The fourth-order valence-corrected chi connectivity index (χ4v) is 3.44. The Morgan fingerprint density at radius 1 is 1.11 bits per heavy atom. The molecule has 10 heteroatoms. The Morgan fingerprint density at radius 3 is 2.53 bits per heavy atom. The topological polar surface area (TPSA) is 93.0 Å². The van der Waals surface area contributed by atoms with E-state index in [9.17, 15) is 18.0 Å². The van der Waals surface area contributed by atoms with E-state index in [-0.39, 0.29) is 18.6 Å². The molecule has 0 spiro atoms. The Bertz CT molecular complexity index is 1210. The van der Waals surface area contributed by atoms with E-state index in [0.29, 0.717) is 41.5 Å². The molecule has 2 aromatic carbocycles. The number of hydrogen-bond acceptors (Lipinski definition) is 6. The predicted molar refractivity (Wildman–Crippen MR) is 129 cm³/mol. The van der Waals surface area contributed by atoms with Crippen LogP contribution in [-0.2, 0) is 29.0 Å². The number of aliphatic carboxylic acids is 1. The third-order valence-corrected chi connectivity index (χ3v) is 5.24. The van der Waals surface area contributed by atoms with Gasteiger partial charge >= 0.3 is 12.1 Å². The molecule has 0 aliphatic heterocycles. The molecule has 2 N–H and O–H groups in total. The van der Waals surface area contributed by atoms with Crippen LogP contribution in [0.5, 0.6) is 5.88 Å². The van der Waals surface area contributed by atoms with Crippen molar-refractivity contribution < 1.29 is 32.6 Å². The van der Waals surface area contributed by atoms with Gasteiger partial charge in [-0.15, -0.1) is 0 Å². The number of hydrogen-bond donors (Lipinski definition) is 2. The first-order valence-electron chi connectivity index (χ1n) is 11.1. The van der Waals surface area contributed by atoms with Crippen molar-refractivity contribution in [1.29, 1.82) is 0 Å². The summed E-state index contributed by atoms with van der Waals surface area (Å²) in [6.45, 7) is 2.18. The van der Waals surface area contributed by atoms with E-state index < -0.39 is 17.7 Å². The van der Waals surface area contributed by atoms with Gasteiger partial charge in [0.05, 0.1) is 24.8 Å². The molecule has 1 heterocycles. The van der Waals surface area contributed by atoms with E-state index in [4.69, 9.17) is 14.7 Å². The summed E-state index contributed by atoms with van der Waals surface area (Å²) >= 11 is 0. The lowest BCUT2D eigenvalue weighted by Gasteiger charge is -2.15. The lowest BCUT2D eigenvalue weighted by atomic mass is 9.97. The standard InChI is InChI=1S/C26H26F3N3O4/c1-17(23-11-9-20(25(31-23)35-2)15-30-13-12-24(33)34)32-36-16-18-8-10-21(19-6-4-3-5-7-19)22(14-18)26(27,28)29/h3-11,14,30H,12-13,15-16H2,1-2H3,(H,33,34)/b32-17+. The first-order valence-corrected chi connectivity index (χ1v) is 11.1. The highest BCUT2D eigenvalue weighted by Crippen LogP contribution is 2.37. The molecule has 0 saturated heterocycles. The molecule has 0 aliphatic carbocycles. The van der Waals surface area contributed by atoms with Crippen LogP contribution in [0.1, 0.15) is 35.7 Å². The molecule has 0 bridgehead atoms. The summed E-state index contributed by atoms with van der Waals surface area (Å²) in [5.74, 6) is -0.548. The maximum absolute atomic E-state index is 13.7. The number of alkyl halides is 3. The molecule has 0 radical (unpaired) electrons. The number of methoxy groups -OCH3 is 1. The Kier molecular flexibility index (Phi) is 9.02. The van der Waals surface area contributed by atoms with Crippen LogP contribution in [0, 0.1) is 0 Å². The minimum Gasteiger partial charge on any atom is -0.481 e. The maximum atomic E-state index is 13.7. The number of halogens is 3. The zero-order valence-corrected chi connectivity index (χ0v) is 19.8. The minimum absolute atomic E-state index is 0.00359. The molecule has 0 fully saturated rings. The lowest BCUT2D eigenvalue weighted by Crippen LogP contribution is -2.18. The SMILES string of the molecule is COc1nc(/C(C)=N/OCc2ccc(-c3ccccc3)c(C(F)(F)F)c2)ccc1CNCCC(=O)O. The molecular formula is C26H26F3N3O4. The average Bonchev–Trinajstić information content (AvgIpc) is 2.86. The van der Waals surface area contributed by atoms with Crippen molar-refractivity contribution in [3.05, 3.63) is 83.0 Å². The van der Waals surface area contributed by atoms with E-state index in [1.807, 2.05) is 0 Å². The second kappa shape index (κ2) is 12.2. The van der Waals surface area contributed by atoms with Crippen LogP contribution < -0.4 is 10.1 Å². The van der Waals surface area contributed by atoms with E-state index in [1.54, 1.807) is 55.5 Å². The van der Waals surface area contributed by atoms with Gasteiger partial charge in [0.15, 0.2) is 0 Å². The van der Waals surface area contributed by atoms with Crippen molar-refractivity contribution in [2.45, 2.75) is 32.7 Å². The lowest BCUT2D eigenvalue weighted by molar-refractivity contribution is -0.138. The number of aromatic nitrogens is 1. The van der Waals surface area contributed by atoms with Crippen LogP contribution in [0.25, 0.3) is 11.1 Å². The molecule has 0 saturated carbocycles. The van der Waals surface area contributed by atoms with Gasteiger partial charge in [0, 0.05) is 18.7 Å². The van der Waals surface area contributed by atoms with Crippen LogP contribution >= 0.6 is 0 Å². The first-order chi connectivity index (χ1) is 17.2. The molecule has 0 aliphatic rings. The van der Waals surface area contributed by atoms with Crippen LogP contribution in [0.3, 0.4) is 0 Å². The van der Waals surface area contributed by atoms with Gasteiger partial charge in [-0.2, -0.15) is 13.2 Å². The number of rotatable bonds is 11. The molecule has 190 valence electrons. The van der Waals surface area contributed by atoms with Crippen molar-refractivity contribution in [3.8, 4) is 17.0 Å². The number of oxime groups is 1. The van der Waals surface area contributed by atoms with Gasteiger partial charge < -0.3 is 20.0 Å². The first kappa shape index (κ1) is 26.7. The van der Waals surface area contributed by atoms with Crippen LogP contribution in [0.4, 0.5) is 13.2 Å². The zero-order valence-electron chi connectivity index (χ0n) is 19.8. The number of nitrogens with zero attached hydrogens (tertiary/aromatic N) is 2. The molecule has 1 aromatic heterocycles. The molecule has 0 atom stereocenters. The van der Waals surface area contributed by atoms with Crippen molar-refractivity contribution in [3.63, 3.8) is 0 Å². The highest BCUT2D eigenvalue weighted by atomic mass is 19.4. The van der Waals surface area contributed by atoms with Crippen molar-refractivity contribution >= 4 is 11.7 Å². The summed E-state index contributed by atoms with van der Waals surface area (Å²) in [6, 6.07) is 15.9. The van der Waals surface area contributed by atoms with E-state index in [1.165, 1.54) is 13.2 Å². The van der Waals surface area contributed by atoms with Gasteiger partial charge in [-0.1, -0.05) is 53.7 Å². The monoisotopic (exact) mass is 501 g/mol. The number of nitrogens with one attached hydrogen (secondary N) is 1. The Labute approximate surface area is 206 Å². The van der Waals surface area contributed by atoms with Crippen molar-refractivity contribution in [2.24, 2.45) is 5.16 Å². The quantitative estimate of drug-likeness (QED) is 0.211. The summed E-state index contributed by atoms with van der Waals surface area (Å²) in [5, 5.41) is 15.7. The van der Waals surface area contributed by atoms with E-state index in [0.717, 1.165) is 11.6 Å². The maximum Gasteiger partial charge on any atom is 0.417 e. The number of carboxylic acid groups (broad SMARTS) is 1. The average molecular weight is 502 g/mol. The second-order valence-electron chi connectivity index (χ2n) is 7.88. The summed E-state index contributed by atoms with van der Waals surface area (Å²) < 4.78 is 46.4. The number of pyridine rings is 1. The summed E-state index contributed by atoms with van der Waals surface area (Å²) in [6.07, 6.45) is -4.53. The molecule has 0 amide bonds. The van der Waals surface area contributed by atoms with Gasteiger partial charge in [-0.3, -0.25) is 4.79 Å². The largest absolute Gasteiger partial charge is 0.481 e. The number of carbonyl (C=O) groups is 1. The Balaban J connectivity index is 1.69. The molecule has 36 heavy (non-hydrogen) atoms. The fraction of sp³-hybridized carbons (Fsp3) is 0.269. The zero-order chi connectivity index (χ0) is 26.1. The van der Waals surface area contributed by atoms with Crippen LogP contribution in [0.2, 0.25) is 0 Å². The fourth-order valence-electron chi connectivity index (χ4n) is 3.44. The number of ether oxygens (including phenoxy) is 1. The minimum atomic E-state index is -4.52. The predicted octanol–water partition coefficient (Wildman–Crippen LogP) is 5.28. The highest BCUT2D eigenvalue weighted by molar-refractivity contribution is 5.96. The summed E-state index contributed by atoms with van der Waals surface area (Å²) in [4.78, 5) is 20.3. The van der Waals surface area contributed by atoms with Gasteiger partial charge in [0.2, 0.25) is 5.88 Å². The van der Waals surface area contributed by atoms with Gasteiger partial charge in [-0.25, -0.2) is 4.98 Å². The molecular weight excluding hydrogens is 475 g/mol. The smallest absolute Gasteiger partial charge is 0.417 e. The Morgan fingerprint density at radius 2 is 1.86 bits per heavy atom. The van der Waals surface area contributed by atoms with Crippen molar-refractivity contribution in [1.82, 2.24) is 10.3 Å². The van der Waals surface area contributed by atoms with E-state index >= 15 is 0 Å². The van der Waals surface area contributed by atoms with E-state index in [2.05, 4.69) is 15.5 Å². The van der Waals surface area contributed by atoms with Crippen LogP contribution in [-0.4, -0.2) is 35.4 Å². The van der Waals surface area contributed by atoms with Crippen molar-refractivity contribution in [2.75, 3.05) is 13.7 Å². The number of carboxylic acids is 1. The number of benzene rings is 2. The summed E-state index contributed by atoms with van der Waals surface area (Å²) in [7, 11) is 1.47. The normalized spacial score (nSPS) is 11.9. The van der Waals surface area contributed by atoms with Gasteiger partial charge in [0.25, 0.3) is 0 Å². The molecule has 0 unspecified atom stereocenters.